The van der Waals surface area contributed by atoms with E-state index in [0.717, 1.165) is 5.56 Å². The van der Waals surface area contributed by atoms with Crippen molar-refractivity contribution in [3.05, 3.63) is 83.7 Å². The first-order valence-corrected chi connectivity index (χ1v) is 9.64. The molecule has 2 aromatic carbocycles. The number of ether oxygens (including phenoxy) is 3. The molecule has 3 rings (SSSR count). The van der Waals surface area contributed by atoms with Crippen molar-refractivity contribution in [2.24, 2.45) is 0 Å². The summed E-state index contributed by atoms with van der Waals surface area (Å²) in [6, 6.07) is 15.1. The molecule has 31 heavy (non-hydrogen) atoms. The summed E-state index contributed by atoms with van der Waals surface area (Å²) in [5.74, 6) is 0.654. The average molecular weight is 421 g/mol. The zero-order chi connectivity index (χ0) is 22.1. The van der Waals surface area contributed by atoms with Crippen LogP contribution in [0.25, 0.3) is 0 Å². The van der Waals surface area contributed by atoms with E-state index in [1.165, 1.54) is 7.11 Å². The fourth-order valence-corrected chi connectivity index (χ4v) is 2.69. The summed E-state index contributed by atoms with van der Waals surface area (Å²) < 4.78 is 16.3. The molecule has 0 fully saturated rings. The van der Waals surface area contributed by atoms with Crippen molar-refractivity contribution in [2.45, 2.75) is 13.5 Å². The van der Waals surface area contributed by atoms with Gasteiger partial charge in [-0.25, -0.2) is 0 Å². The molecule has 0 aliphatic carbocycles. The van der Waals surface area contributed by atoms with E-state index in [0.29, 0.717) is 41.6 Å². The van der Waals surface area contributed by atoms with Crippen molar-refractivity contribution in [1.29, 1.82) is 0 Å². The van der Waals surface area contributed by atoms with E-state index in [2.05, 4.69) is 15.8 Å². The van der Waals surface area contributed by atoms with Crippen molar-refractivity contribution < 1.29 is 23.8 Å². The van der Waals surface area contributed by atoms with Crippen LogP contribution in [0, 0.1) is 0 Å². The smallest absolute Gasteiger partial charge is 0.269 e. The number of nitrogens with one attached hydrogen (secondary N) is 2. The van der Waals surface area contributed by atoms with Gasteiger partial charge in [0.2, 0.25) is 0 Å². The second kappa shape index (κ2) is 10.6. The van der Waals surface area contributed by atoms with Gasteiger partial charge in [-0.3, -0.25) is 25.4 Å². The number of rotatable bonds is 8. The van der Waals surface area contributed by atoms with Gasteiger partial charge in [0.05, 0.1) is 13.7 Å². The predicted octanol–water partition coefficient (Wildman–Crippen LogP) is 3.14. The largest absolute Gasteiger partial charge is 0.493 e. The summed E-state index contributed by atoms with van der Waals surface area (Å²) in [5, 5.41) is 0. The Morgan fingerprint density at radius 2 is 1.61 bits per heavy atom. The molecule has 0 radical (unpaired) electrons. The number of benzene rings is 2. The van der Waals surface area contributed by atoms with Crippen LogP contribution < -0.4 is 25.1 Å². The van der Waals surface area contributed by atoms with Gasteiger partial charge in [0.1, 0.15) is 12.4 Å². The summed E-state index contributed by atoms with van der Waals surface area (Å²) in [6.45, 7) is 2.71. The van der Waals surface area contributed by atoms with Gasteiger partial charge < -0.3 is 14.2 Å². The fourth-order valence-electron chi connectivity index (χ4n) is 2.69. The molecule has 160 valence electrons. The normalized spacial score (nSPS) is 10.1. The second-order valence-electron chi connectivity index (χ2n) is 6.38. The van der Waals surface area contributed by atoms with Gasteiger partial charge in [0.25, 0.3) is 11.8 Å². The number of hydrogen-bond acceptors (Lipinski definition) is 6. The molecule has 2 N–H and O–H groups in total. The molecule has 0 aliphatic rings. The molecule has 8 heteroatoms. The first kappa shape index (κ1) is 21.6. The highest BCUT2D eigenvalue weighted by Crippen LogP contribution is 2.27. The van der Waals surface area contributed by atoms with Crippen LogP contribution in [0.4, 0.5) is 0 Å². The maximum atomic E-state index is 12.3. The van der Waals surface area contributed by atoms with Crippen LogP contribution in [0.1, 0.15) is 33.2 Å². The Kier molecular flexibility index (Phi) is 7.42. The average Bonchev–Trinajstić information content (AvgIpc) is 2.82. The lowest BCUT2D eigenvalue weighted by Gasteiger charge is -2.12. The zero-order valence-corrected chi connectivity index (χ0v) is 17.3. The molecule has 3 aromatic rings. The number of amides is 2. The number of pyridine rings is 1. The van der Waals surface area contributed by atoms with Crippen molar-refractivity contribution in [3.63, 3.8) is 0 Å². The Labute approximate surface area is 180 Å². The molecular weight excluding hydrogens is 398 g/mol. The minimum atomic E-state index is -0.480. The second-order valence-corrected chi connectivity index (χ2v) is 6.38. The van der Waals surface area contributed by atoms with Gasteiger partial charge in [0.15, 0.2) is 11.5 Å². The Balaban J connectivity index is 1.53. The highest BCUT2D eigenvalue weighted by atomic mass is 16.5. The van der Waals surface area contributed by atoms with E-state index in [1.807, 2.05) is 19.1 Å². The van der Waals surface area contributed by atoms with Crippen LogP contribution in [0.5, 0.6) is 17.2 Å². The number of carbonyl (C=O) groups is 2. The third-order valence-corrected chi connectivity index (χ3v) is 4.26. The van der Waals surface area contributed by atoms with Crippen molar-refractivity contribution >= 4 is 11.8 Å². The van der Waals surface area contributed by atoms with E-state index in [4.69, 9.17) is 14.2 Å². The van der Waals surface area contributed by atoms with Gasteiger partial charge in [-0.1, -0.05) is 6.07 Å². The Hall–Kier alpha value is -4.07. The number of methoxy groups -OCH3 is 1. The molecule has 8 nitrogen and oxygen atoms in total. The first-order valence-electron chi connectivity index (χ1n) is 9.64. The van der Waals surface area contributed by atoms with E-state index < -0.39 is 11.8 Å². The molecule has 0 unspecified atom stereocenters. The minimum Gasteiger partial charge on any atom is -0.493 e. The monoisotopic (exact) mass is 421 g/mol. The van der Waals surface area contributed by atoms with E-state index >= 15 is 0 Å². The maximum absolute atomic E-state index is 12.3. The lowest BCUT2D eigenvalue weighted by atomic mass is 10.2. The zero-order valence-electron chi connectivity index (χ0n) is 17.3. The SMILES string of the molecule is CCOc1ccc(C(=O)NNC(=O)c2ccc(OCc3cccnc3)cc2)cc1OC. The Bertz CT molecular complexity index is 1020. The number of nitrogens with zero attached hydrogens (tertiary/aromatic N) is 1. The van der Waals surface area contributed by atoms with Crippen LogP contribution in [0.3, 0.4) is 0 Å². The number of aromatic nitrogens is 1. The van der Waals surface area contributed by atoms with E-state index in [9.17, 15) is 9.59 Å². The van der Waals surface area contributed by atoms with Crippen LogP contribution in [-0.2, 0) is 6.61 Å². The molecule has 0 aliphatic heterocycles. The lowest BCUT2D eigenvalue weighted by Crippen LogP contribution is -2.41. The van der Waals surface area contributed by atoms with Gasteiger partial charge in [-0.05, 0) is 55.5 Å². The summed E-state index contributed by atoms with van der Waals surface area (Å²) >= 11 is 0. The number of hydrogen-bond donors (Lipinski definition) is 2. The van der Waals surface area contributed by atoms with Crippen LogP contribution in [0.2, 0.25) is 0 Å². The number of hydrazine groups is 1. The van der Waals surface area contributed by atoms with Crippen molar-refractivity contribution in [3.8, 4) is 17.2 Å². The van der Waals surface area contributed by atoms with Gasteiger partial charge in [-0.15, -0.1) is 0 Å². The fraction of sp³-hybridized carbons (Fsp3) is 0.174. The molecule has 0 spiro atoms. The maximum Gasteiger partial charge on any atom is 0.269 e. The molecule has 1 heterocycles. The Morgan fingerprint density at radius 1 is 0.903 bits per heavy atom. The molecular formula is C23H23N3O5. The van der Waals surface area contributed by atoms with Gasteiger partial charge >= 0.3 is 0 Å². The van der Waals surface area contributed by atoms with Crippen LogP contribution in [0.15, 0.2) is 67.0 Å². The van der Waals surface area contributed by atoms with Gasteiger partial charge in [-0.2, -0.15) is 0 Å². The molecule has 0 saturated carbocycles. The molecule has 2 amide bonds. The highest BCUT2D eigenvalue weighted by molar-refractivity contribution is 5.99. The lowest BCUT2D eigenvalue weighted by molar-refractivity contribution is 0.0846. The summed E-state index contributed by atoms with van der Waals surface area (Å²) in [4.78, 5) is 28.7. The van der Waals surface area contributed by atoms with Crippen LogP contribution >= 0.6 is 0 Å². The quantitative estimate of drug-likeness (QED) is 0.542. The van der Waals surface area contributed by atoms with E-state index in [1.54, 1.807) is 54.9 Å². The van der Waals surface area contributed by atoms with Crippen molar-refractivity contribution in [1.82, 2.24) is 15.8 Å². The van der Waals surface area contributed by atoms with E-state index in [-0.39, 0.29) is 0 Å². The van der Waals surface area contributed by atoms with Crippen LogP contribution in [-0.4, -0.2) is 30.5 Å². The van der Waals surface area contributed by atoms with Gasteiger partial charge in [0, 0.05) is 29.1 Å². The number of carbonyl (C=O) groups excluding carboxylic acids is 2. The first-order chi connectivity index (χ1) is 15.1. The summed E-state index contributed by atoms with van der Waals surface area (Å²) in [5.41, 5.74) is 6.42. The predicted molar refractivity (Wildman–Crippen MR) is 114 cm³/mol. The summed E-state index contributed by atoms with van der Waals surface area (Å²) in [6.07, 6.45) is 3.42. The molecule has 0 bridgehead atoms. The third kappa shape index (κ3) is 5.96. The standard InChI is InChI=1S/C23H23N3O5/c1-3-30-20-11-8-18(13-21(20)29-2)23(28)26-25-22(27)17-6-9-19(10-7-17)31-15-16-5-4-12-24-14-16/h4-14H,3,15H2,1-2H3,(H,25,27)(H,26,28). The molecule has 0 atom stereocenters. The highest BCUT2D eigenvalue weighted by Gasteiger charge is 2.13. The minimum absolute atomic E-state index is 0.319. The Morgan fingerprint density at radius 3 is 2.26 bits per heavy atom. The van der Waals surface area contributed by atoms with Crippen molar-refractivity contribution in [2.75, 3.05) is 13.7 Å². The third-order valence-electron chi connectivity index (χ3n) is 4.26. The molecule has 1 aromatic heterocycles. The summed E-state index contributed by atoms with van der Waals surface area (Å²) in [7, 11) is 1.49. The topological polar surface area (TPSA) is 98.8 Å². The molecule has 0 saturated heterocycles.